The van der Waals surface area contributed by atoms with Gasteiger partial charge >= 0.3 is 0 Å². The molecule has 0 bridgehead atoms. The molecule has 1 saturated heterocycles. The van der Waals surface area contributed by atoms with Crippen LogP contribution in [0.4, 0.5) is 5.82 Å². The van der Waals surface area contributed by atoms with Gasteiger partial charge in [0.25, 0.3) is 17.1 Å². The van der Waals surface area contributed by atoms with E-state index in [1.807, 2.05) is 41.0 Å². The minimum absolute atomic E-state index is 0.227. The van der Waals surface area contributed by atoms with Crippen LogP contribution in [0.3, 0.4) is 0 Å². The first-order valence-electron chi connectivity index (χ1n) is 12.0. The molecule has 1 aliphatic heterocycles. The number of fused-ring (bicyclic) bond motifs is 2. The number of aryl methyl sites for hydroxylation is 1. The largest absolute Gasteiger partial charge is 0.370 e. The van der Waals surface area contributed by atoms with Crippen molar-refractivity contribution in [3.8, 4) is 0 Å². The van der Waals surface area contributed by atoms with Crippen LogP contribution < -0.4 is 26.1 Å². The molecule has 3 aromatic heterocycles. The van der Waals surface area contributed by atoms with Gasteiger partial charge in [-0.15, -0.1) is 0 Å². The summed E-state index contributed by atoms with van der Waals surface area (Å²) in [6.45, 7) is 5.38. The van der Waals surface area contributed by atoms with E-state index in [0.29, 0.717) is 35.6 Å². The molecular formula is C26H30N6O3+2. The van der Waals surface area contributed by atoms with Crippen molar-refractivity contribution in [2.24, 2.45) is 0 Å². The van der Waals surface area contributed by atoms with E-state index >= 15 is 0 Å². The van der Waals surface area contributed by atoms with Gasteiger partial charge in [-0.05, 0) is 23.8 Å². The van der Waals surface area contributed by atoms with Gasteiger partial charge in [0, 0.05) is 19.2 Å². The van der Waals surface area contributed by atoms with E-state index in [0.717, 1.165) is 44.8 Å². The third kappa shape index (κ3) is 4.87. The summed E-state index contributed by atoms with van der Waals surface area (Å²) >= 11 is 0. The molecule has 1 amide bonds. The number of nitrogens with two attached hydrogens (primary N) is 1. The SMILES string of the molecule is Nc1c(C(=O)NCc2ccccc2)cc2c(=O)n3ccccc3nc2[n+]1CCC[NH+]1CCOCC1. The summed E-state index contributed by atoms with van der Waals surface area (Å²) in [6.07, 6.45) is 2.52. The highest BCUT2D eigenvalue weighted by atomic mass is 16.5. The zero-order chi connectivity index (χ0) is 24.2. The van der Waals surface area contributed by atoms with Gasteiger partial charge < -0.3 is 20.7 Å². The highest BCUT2D eigenvalue weighted by molar-refractivity contribution is 6.00. The highest BCUT2D eigenvalue weighted by Gasteiger charge is 2.25. The minimum atomic E-state index is -0.321. The van der Waals surface area contributed by atoms with Gasteiger partial charge in [0.1, 0.15) is 24.0 Å². The van der Waals surface area contributed by atoms with Gasteiger partial charge in [0.2, 0.25) is 11.5 Å². The second-order valence-corrected chi connectivity index (χ2v) is 8.81. The maximum absolute atomic E-state index is 13.3. The number of rotatable bonds is 7. The lowest BCUT2D eigenvalue weighted by atomic mass is 10.1. The lowest BCUT2D eigenvalue weighted by Crippen LogP contribution is -3.14. The normalized spacial score (nSPS) is 14.4. The van der Waals surface area contributed by atoms with Crippen LogP contribution in [0.25, 0.3) is 16.7 Å². The van der Waals surface area contributed by atoms with Gasteiger partial charge in [-0.2, -0.15) is 0 Å². The summed E-state index contributed by atoms with van der Waals surface area (Å²) in [5.74, 6) is -0.00872. The van der Waals surface area contributed by atoms with Crippen molar-refractivity contribution < 1.29 is 19.0 Å². The Balaban J connectivity index is 1.51. The van der Waals surface area contributed by atoms with E-state index in [1.54, 1.807) is 24.4 Å². The number of nitrogens with zero attached hydrogens (tertiary/aromatic N) is 3. The maximum atomic E-state index is 13.3. The molecule has 0 saturated carbocycles. The number of quaternary nitrogens is 1. The summed E-state index contributed by atoms with van der Waals surface area (Å²) in [6, 6.07) is 16.7. The molecular weight excluding hydrogens is 444 g/mol. The van der Waals surface area contributed by atoms with E-state index in [-0.39, 0.29) is 17.0 Å². The van der Waals surface area contributed by atoms with Crippen LogP contribution in [0.1, 0.15) is 22.3 Å². The average molecular weight is 475 g/mol. The van der Waals surface area contributed by atoms with E-state index in [9.17, 15) is 9.59 Å². The van der Waals surface area contributed by atoms with E-state index in [4.69, 9.17) is 15.5 Å². The zero-order valence-corrected chi connectivity index (χ0v) is 19.6. The summed E-state index contributed by atoms with van der Waals surface area (Å²) < 4.78 is 8.77. The zero-order valence-electron chi connectivity index (χ0n) is 19.6. The molecule has 0 radical (unpaired) electrons. The van der Waals surface area contributed by atoms with E-state index in [2.05, 4.69) is 5.32 Å². The number of ether oxygens (including phenoxy) is 1. The fourth-order valence-corrected chi connectivity index (χ4v) is 4.58. The quantitative estimate of drug-likeness (QED) is 0.257. The molecule has 4 heterocycles. The number of hydrogen-bond acceptors (Lipinski definition) is 5. The maximum Gasteiger partial charge on any atom is 0.278 e. The number of nitrogen functional groups attached to an aromatic ring is 1. The minimum Gasteiger partial charge on any atom is -0.370 e. The smallest absolute Gasteiger partial charge is 0.278 e. The average Bonchev–Trinajstić information content (AvgIpc) is 2.90. The van der Waals surface area contributed by atoms with Crippen LogP contribution in [0.15, 0.2) is 65.6 Å². The number of anilines is 1. The second-order valence-electron chi connectivity index (χ2n) is 8.81. The molecule has 5 rings (SSSR count). The predicted molar refractivity (Wildman–Crippen MR) is 132 cm³/mol. The number of carbonyl (C=O) groups is 1. The number of hydrogen-bond donors (Lipinski definition) is 3. The van der Waals surface area contributed by atoms with Crippen LogP contribution in [0.2, 0.25) is 0 Å². The van der Waals surface area contributed by atoms with Gasteiger partial charge in [-0.3, -0.25) is 14.0 Å². The Morgan fingerprint density at radius 3 is 2.71 bits per heavy atom. The van der Waals surface area contributed by atoms with Crippen LogP contribution >= 0.6 is 0 Å². The number of benzene rings is 1. The Morgan fingerprint density at radius 1 is 1.14 bits per heavy atom. The molecule has 1 fully saturated rings. The molecule has 180 valence electrons. The summed E-state index contributed by atoms with van der Waals surface area (Å²) in [5.41, 5.74) is 8.63. The molecule has 1 aromatic carbocycles. The lowest BCUT2D eigenvalue weighted by molar-refractivity contribution is -0.910. The van der Waals surface area contributed by atoms with Gasteiger partial charge in [0.05, 0.1) is 26.3 Å². The van der Waals surface area contributed by atoms with Crippen molar-refractivity contribution in [3.63, 3.8) is 0 Å². The number of carbonyl (C=O) groups excluding carboxylic acids is 1. The Hall–Kier alpha value is -3.82. The number of morpholine rings is 1. The third-order valence-corrected chi connectivity index (χ3v) is 6.51. The number of amides is 1. The first kappa shape index (κ1) is 22.9. The molecule has 35 heavy (non-hydrogen) atoms. The van der Waals surface area contributed by atoms with Gasteiger partial charge in [-0.25, -0.2) is 4.57 Å². The topological polar surface area (TPSA) is 107 Å². The summed E-state index contributed by atoms with van der Waals surface area (Å²) in [4.78, 5) is 32.8. The summed E-state index contributed by atoms with van der Waals surface area (Å²) in [7, 11) is 0. The summed E-state index contributed by atoms with van der Waals surface area (Å²) in [5, 5.41) is 3.30. The van der Waals surface area contributed by atoms with Crippen molar-refractivity contribution in [3.05, 3.63) is 82.3 Å². The number of pyridine rings is 2. The van der Waals surface area contributed by atoms with E-state index in [1.165, 1.54) is 9.30 Å². The molecule has 0 spiro atoms. The molecule has 9 nitrogen and oxygen atoms in total. The number of aromatic nitrogens is 3. The molecule has 0 aliphatic carbocycles. The van der Waals surface area contributed by atoms with Crippen molar-refractivity contribution in [2.75, 3.05) is 38.6 Å². The molecule has 0 atom stereocenters. The molecule has 4 N–H and O–H groups in total. The number of nitrogens with one attached hydrogen (secondary N) is 2. The van der Waals surface area contributed by atoms with Crippen molar-refractivity contribution in [1.82, 2.24) is 14.7 Å². The monoisotopic (exact) mass is 474 g/mol. The highest BCUT2D eigenvalue weighted by Crippen LogP contribution is 2.15. The van der Waals surface area contributed by atoms with Crippen LogP contribution in [-0.2, 0) is 17.8 Å². The molecule has 0 unspecified atom stereocenters. The lowest BCUT2D eigenvalue weighted by Gasteiger charge is -2.23. The Bertz CT molecular complexity index is 1410. The molecule has 9 heteroatoms. The van der Waals surface area contributed by atoms with Crippen LogP contribution in [-0.4, -0.2) is 48.1 Å². The van der Waals surface area contributed by atoms with Crippen LogP contribution in [0.5, 0.6) is 0 Å². The Kier molecular flexibility index (Phi) is 6.69. The van der Waals surface area contributed by atoms with E-state index < -0.39 is 0 Å². The Labute approximate surface area is 202 Å². The second kappa shape index (κ2) is 10.2. The predicted octanol–water partition coefficient (Wildman–Crippen LogP) is -0.0474. The first-order chi connectivity index (χ1) is 17.1. The third-order valence-electron chi connectivity index (χ3n) is 6.51. The van der Waals surface area contributed by atoms with Crippen molar-refractivity contribution >= 4 is 28.4 Å². The Morgan fingerprint density at radius 2 is 1.91 bits per heavy atom. The molecule has 4 aromatic rings. The van der Waals surface area contributed by atoms with Gasteiger partial charge in [-0.1, -0.05) is 41.4 Å². The first-order valence-corrected chi connectivity index (χ1v) is 12.0. The van der Waals surface area contributed by atoms with Crippen molar-refractivity contribution in [1.29, 1.82) is 0 Å². The van der Waals surface area contributed by atoms with Crippen molar-refractivity contribution in [2.45, 2.75) is 19.5 Å². The van der Waals surface area contributed by atoms with Crippen LogP contribution in [0, 0.1) is 0 Å². The fraction of sp³-hybridized carbons (Fsp3) is 0.308. The standard InChI is InChI=1S/C26H28N6O3/c27-23-20(25(33)28-18-19-7-2-1-3-8-19)17-21-24(29-22-9-4-5-11-31(22)26(21)34)32(23)12-6-10-30-13-15-35-16-14-30/h1-5,7-9,11,17,27H,6,10,12-16,18H2,(H,28,33)/p+2. The van der Waals surface area contributed by atoms with Gasteiger partial charge in [0.15, 0.2) is 0 Å². The fourth-order valence-electron chi connectivity index (χ4n) is 4.58. The molecule has 1 aliphatic rings.